The first-order valence-electron chi connectivity index (χ1n) is 4.41. The summed E-state index contributed by atoms with van der Waals surface area (Å²) in [6.07, 6.45) is 1.65. The third-order valence-electron chi connectivity index (χ3n) is 2.27. The van der Waals surface area contributed by atoms with Gasteiger partial charge < -0.3 is 10.9 Å². The van der Waals surface area contributed by atoms with Gasteiger partial charge in [-0.3, -0.25) is 4.98 Å². The summed E-state index contributed by atoms with van der Waals surface area (Å²) in [5.74, 6) is 0.0891. The second-order valence-electron chi connectivity index (χ2n) is 3.14. The molecule has 1 radical (unpaired) electrons. The zero-order valence-electron chi connectivity index (χ0n) is 8.59. The van der Waals surface area contributed by atoms with Gasteiger partial charge in [0.2, 0.25) is 0 Å². The van der Waals surface area contributed by atoms with Crippen molar-refractivity contribution in [3.8, 4) is 0 Å². The Balaban J connectivity index is 0.00000128. The number of nitrogens with zero attached hydrogens (tertiary/aromatic N) is 2. The van der Waals surface area contributed by atoms with Gasteiger partial charge in [0.05, 0.1) is 0 Å². The summed E-state index contributed by atoms with van der Waals surface area (Å²) in [6.45, 7) is 3.82. The van der Waals surface area contributed by atoms with Crippen LogP contribution in [0, 0.1) is 6.92 Å². The summed E-state index contributed by atoms with van der Waals surface area (Å²) < 4.78 is 0. The van der Waals surface area contributed by atoms with Crippen LogP contribution in [0.25, 0.3) is 10.8 Å². The van der Waals surface area contributed by atoms with Crippen LogP contribution < -0.4 is 5.73 Å². The van der Waals surface area contributed by atoms with Crippen LogP contribution in [-0.4, -0.2) is 16.0 Å². The van der Waals surface area contributed by atoms with Gasteiger partial charge in [0, 0.05) is 44.5 Å². The summed E-state index contributed by atoms with van der Waals surface area (Å²) in [7, 11) is 0. The van der Waals surface area contributed by atoms with Gasteiger partial charge >= 0.3 is 0 Å². The second kappa shape index (κ2) is 5.28. The van der Waals surface area contributed by atoms with Crippen molar-refractivity contribution in [2.45, 2.75) is 0 Å². The maximum absolute atomic E-state index is 8.65. The fourth-order valence-electron chi connectivity index (χ4n) is 1.54. The SMILES string of the molecule is [CH2-]c1nccc2c(/C(N)=N/O)cccc12.[Y]. The Morgan fingerprint density at radius 1 is 1.31 bits per heavy atom. The van der Waals surface area contributed by atoms with E-state index in [0.717, 1.165) is 10.8 Å². The molecule has 0 bridgehead atoms. The van der Waals surface area contributed by atoms with Gasteiger partial charge in [-0.1, -0.05) is 34.4 Å². The monoisotopic (exact) mass is 289 g/mol. The minimum Gasteiger partial charge on any atom is -0.409 e. The van der Waals surface area contributed by atoms with Crippen LogP contribution in [0.4, 0.5) is 0 Å². The number of oxime groups is 1. The van der Waals surface area contributed by atoms with Crippen molar-refractivity contribution in [2.24, 2.45) is 10.9 Å². The van der Waals surface area contributed by atoms with Crippen LogP contribution in [0.15, 0.2) is 35.6 Å². The van der Waals surface area contributed by atoms with Gasteiger partial charge in [-0.15, -0.1) is 11.5 Å². The molecule has 1 aromatic heterocycles. The van der Waals surface area contributed by atoms with Gasteiger partial charge in [-0.2, -0.15) is 0 Å². The van der Waals surface area contributed by atoms with E-state index >= 15 is 0 Å². The molecule has 2 rings (SSSR count). The minimum atomic E-state index is 0. The Kier molecular flexibility index (Phi) is 4.27. The zero-order valence-corrected chi connectivity index (χ0v) is 11.4. The average molecular weight is 289 g/mol. The number of benzene rings is 1. The third-order valence-corrected chi connectivity index (χ3v) is 2.27. The van der Waals surface area contributed by atoms with Gasteiger partial charge in [0.15, 0.2) is 5.84 Å². The van der Waals surface area contributed by atoms with Crippen LogP contribution in [-0.2, 0) is 32.7 Å². The second-order valence-corrected chi connectivity index (χ2v) is 3.14. The van der Waals surface area contributed by atoms with Crippen LogP contribution in [0.5, 0.6) is 0 Å². The molecule has 0 amide bonds. The topological polar surface area (TPSA) is 71.5 Å². The zero-order chi connectivity index (χ0) is 10.8. The normalized spacial score (nSPS) is 11.1. The molecule has 0 saturated carbocycles. The molecule has 0 aliphatic carbocycles. The number of amidine groups is 1. The van der Waals surface area contributed by atoms with E-state index in [0.29, 0.717) is 11.3 Å². The average Bonchev–Trinajstić information content (AvgIpc) is 2.28. The molecular weight excluding hydrogens is 279 g/mol. The molecule has 1 heterocycles. The molecule has 0 aliphatic rings. The predicted octanol–water partition coefficient (Wildman–Crippen LogP) is 1.51. The maximum atomic E-state index is 8.65. The van der Waals surface area contributed by atoms with Crippen LogP contribution >= 0.6 is 0 Å². The molecule has 0 saturated heterocycles. The first kappa shape index (κ1) is 12.9. The van der Waals surface area contributed by atoms with Crippen LogP contribution in [0.1, 0.15) is 11.3 Å². The molecule has 0 spiro atoms. The van der Waals surface area contributed by atoms with Gasteiger partial charge in [0.25, 0.3) is 0 Å². The fourth-order valence-corrected chi connectivity index (χ4v) is 1.54. The van der Waals surface area contributed by atoms with E-state index < -0.39 is 0 Å². The summed E-state index contributed by atoms with van der Waals surface area (Å²) in [5.41, 5.74) is 6.93. The molecule has 16 heavy (non-hydrogen) atoms. The summed E-state index contributed by atoms with van der Waals surface area (Å²) in [4.78, 5) is 4.08. The van der Waals surface area contributed by atoms with E-state index in [-0.39, 0.29) is 38.5 Å². The van der Waals surface area contributed by atoms with E-state index in [2.05, 4.69) is 17.1 Å². The van der Waals surface area contributed by atoms with Gasteiger partial charge in [-0.25, -0.2) is 6.92 Å². The summed E-state index contributed by atoms with van der Waals surface area (Å²) >= 11 is 0. The van der Waals surface area contributed by atoms with Crippen molar-refractivity contribution >= 4 is 16.6 Å². The first-order valence-corrected chi connectivity index (χ1v) is 4.41. The molecule has 3 N–H and O–H groups in total. The Morgan fingerprint density at radius 3 is 2.75 bits per heavy atom. The van der Waals surface area contributed by atoms with Crippen molar-refractivity contribution in [1.82, 2.24) is 4.98 Å². The summed E-state index contributed by atoms with van der Waals surface area (Å²) in [6, 6.07) is 7.33. The number of rotatable bonds is 1. The molecule has 4 nitrogen and oxygen atoms in total. The summed E-state index contributed by atoms with van der Waals surface area (Å²) in [5, 5.41) is 13.4. The molecule has 0 aliphatic heterocycles. The Morgan fingerprint density at radius 2 is 2.06 bits per heavy atom. The molecule has 79 valence electrons. The maximum Gasteiger partial charge on any atom is 0.169 e. The van der Waals surface area contributed by atoms with Gasteiger partial charge in [0.1, 0.15) is 0 Å². The number of hydrogen-bond acceptors (Lipinski definition) is 3. The van der Waals surface area contributed by atoms with E-state index in [9.17, 15) is 0 Å². The van der Waals surface area contributed by atoms with E-state index in [1.807, 2.05) is 18.2 Å². The Hall–Kier alpha value is -1.13. The molecule has 0 unspecified atom stereocenters. The molecule has 0 fully saturated rings. The third kappa shape index (κ3) is 2.18. The fraction of sp³-hybridized carbons (Fsp3) is 0. The molecular formula is C11H10N3OY-. The molecule has 1 aromatic carbocycles. The van der Waals surface area contributed by atoms with E-state index in [1.54, 1.807) is 12.3 Å². The minimum absolute atomic E-state index is 0. The smallest absolute Gasteiger partial charge is 0.169 e. The molecule has 2 aromatic rings. The van der Waals surface area contributed by atoms with E-state index in [4.69, 9.17) is 10.9 Å². The Labute approximate surface area is 118 Å². The molecule has 0 atom stereocenters. The van der Waals surface area contributed by atoms with Crippen molar-refractivity contribution < 1.29 is 37.9 Å². The Bertz CT molecular complexity index is 540. The van der Waals surface area contributed by atoms with Gasteiger partial charge in [-0.05, 0) is 0 Å². The quantitative estimate of drug-likeness (QED) is 0.275. The van der Waals surface area contributed by atoms with Crippen molar-refractivity contribution in [2.75, 3.05) is 0 Å². The van der Waals surface area contributed by atoms with E-state index in [1.165, 1.54) is 0 Å². The molecule has 5 heteroatoms. The number of nitrogens with two attached hydrogens (primary N) is 1. The van der Waals surface area contributed by atoms with Crippen LogP contribution in [0.2, 0.25) is 0 Å². The van der Waals surface area contributed by atoms with Crippen molar-refractivity contribution in [1.29, 1.82) is 0 Å². The first-order chi connectivity index (χ1) is 7.24. The number of aromatic nitrogens is 1. The standard InChI is InChI=1S/C11H10N3O.Y/c1-7-8-3-2-4-10(11(12)14-15)9(8)5-6-13-7;/h2-6,15H,1H2,(H2,12,14);/q-1;. The van der Waals surface area contributed by atoms with Crippen LogP contribution in [0.3, 0.4) is 0 Å². The largest absolute Gasteiger partial charge is 0.409 e. The number of hydrogen-bond donors (Lipinski definition) is 2. The number of fused-ring (bicyclic) bond motifs is 1. The van der Waals surface area contributed by atoms with Crippen molar-refractivity contribution in [3.05, 3.63) is 48.6 Å². The predicted molar refractivity (Wildman–Crippen MR) is 58.7 cm³/mol. The number of pyridine rings is 1. The van der Waals surface area contributed by atoms with Crippen molar-refractivity contribution in [3.63, 3.8) is 0 Å².